The van der Waals surface area contributed by atoms with Crippen molar-refractivity contribution < 1.29 is 22.7 Å². The minimum absolute atomic E-state index is 0.0148. The number of nitrogens with zero attached hydrogens (tertiary/aromatic N) is 1. The summed E-state index contributed by atoms with van der Waals surface area (Å²) >= 11 is 0. The zero-order chi connectivity index (χ0) is 22.9. The number of H-pyrrole nitrogens is 2. The van der Waals surface area contributed by atoms with Gasteiger partial charge >= 0.3 is 11.7 Å². The summed E-state index contributed by atoms with van der Waals surface area (Å²) in [7, 11) is -4.08. The number of amides is 1. The summed E-state index contributed by atoms with van der Waals surface area (Å²) in [6.07, 6.45) is 0.844. The molecule has 1 saturated heterocycles. The number of benzene rings is 2. The molecule has 0 aliphatic carbocycles. The fourth-order valence-electron chi connectivity index (χ4n) is 3.60. The number of hydrogen-bond donors (Lipinski definition) is 3. The molecule has 1 fully saturated rings. The Bertz CT molecular complexity index is 1340. The third kappa shape index (κ3) is 4.37. The van der Waals surface area contributed by atoms with Crippen molar-refractivity contribution in [1.82, 2.24) is 14.9 Å². The van der Waals surface area contributed by atoms with E-state index in [0.717, 1.165) is 12.8 Å². The Morgan fingerprint density at radius 1 is 1.06 bits per heavy atom. The quantitative estimate of drug-likeness (QED) is 0.481. The van der Waals surface area contributed by atoms with Crippen LogP contribution in [0.25, 0.3) is 11.0 Å². The third-order valence-electron chi connectivity index (χ3n) is 5.24. The molecule has 0 saturated carbocycles. The predicted octanol–water partition coefficient (Wildman–Crippen LogP) is 1.82. The third-order valence-corrected chi connectivity index (χ3v) is 6.60. The minimum atomic E-state index is -4.08. The van der Waals surface area contributed by atoms with Gasteiger partial charge in [-0.2, -0.15) is 0 Å². The monoisotopic (exact) mass is 458 g/mol. The van der Waals surface area contributed by atoms with Crippen LogP contribution >= 0.6 is 0 Å². The maximum atomic E-state index is 12.9. The van der Waals surface area contributed by atoms with Crippen LogP contribution in [0.15, 0.2) is 52.2 Å². The van der Waals surface area contributed by atoms with E-state index in [1.807, 2.05) is 0 Å². The van der Waals surface area contributed by atoms with Gasteiger partial charge in [-0.3, -0.25) is 9.52 Å². The van der Waals surface area contributed by atoms with Crippen LogP contribution in [-0.4, -0.2) is 54.4 Å². The molecule has 3 aromatic rings. The average molecular weight is 458 g/mol. The number of fused-ring (bicyclic) bond motifs is 1. The molecule has 10 nitrogen and oxygen atoms in total. The molecule has 4 rings (SSSR count). The second-order valence-corrected chi connectivity index (χ2v) is 9.20. The number of sulfonamides is 1. The van der Waals surface area contributed by atoms with Crippen LogP contribution in [0.3, 0.4) is 0 Å². The van der Waals surface area contributed by atoms with Crippen LogP contribution < -0.4 is 10.4 Å². The van der Waals surface area contributed by atoms with Crippen molar-refractivity contribution in [2.75, 3.05) is 17.8 Å². The lowest BCUT2D eigenvalue weighted by atomic mass is 10.2. The Morgan fingerprint density at radius 3 is 2.50 bits per heavy atom. The highest BCUT2D eigenvalue weighted by Crippen LogP contribution is 2.23. The number of esters is 1. The Hall–Kier alpha value is -3.60. The number of aromatic amines is 2. The van der Waals surface area contributed by atoms with Crippen molar-refractivity contribution in [3.63, 3.8) is 0 Å². The lowest BCUT2D eigenvalue weighted by Crippen LogP contribution is -2.38. The van der Waals surface area contributed by atoms with Crippen molar-refractivity contribution in [2.45, 2.75) is 30.8 Å². The summed E-state index contributed by atoms with van der Waals surface area (Å²) in [4.78, 5) is 43.2. The first kappa shape index (κ1) is 21.6. The normalized spacial score (nSPS) is 15.0. The Kier molecular flexibility index (Phi) is 5.74. The Morgan fingerprint density at radius 2 is 1.75 bits per heavy atom. The van der Waals surface area contributed by atoms with E-state index in [-0.39, 0.29) is 22.1 Å². The van der Waals surface area contributed by atoms with E-state index < -0.39 is 27.8 Å². The fourth-order valence-corrected chi connectivity index (χ4v) is 4.71. The van der Waals surface area contributed by atoms with E-state index in [2.05, 4.69) is 14.7 Å². The molecule has 1 aromatic heterocycles. The first-order chi connectivity index (χ1) is 15.2. The highest BCUT2D eigenvalue weighted by Gasteiger charge is 2.27. The predicted molar refractivity (Wildman–Crippen MR) is 117 cm³/mol. The van der Waals surface area contributed by atoms with Crippen molar-refractivity contribution >= 4 is 38.6 Å². The molecular weight excluding hydrogens is 436 g/mol. The van der Waals surface area contributed by atoms with Crippen LogP contribution in [0.4, 0.5) is 5.69 Å². The topological polar surface area (TPSA) is 141 Å². The maximum Gasteiger partial charge on any atom is 0.341 e. The molecule has 1 aliphatic heterocycles. The molecule has 32 heavy (non-hydrogen) atoms. The number of carbonyl (C=O) groups excluding carboxylic acids is 2. The maximum absolute atomic E-state index is 12.9. The molecule has 0 unspecified atom stereocenters. The van der Waals surface area contributed by atoms with Gasteiger partial charge in [0.1, 0.15) is 0 Å². The number of para-hydroxylation sites is 1. The summed E-state index contributed by atoms with van der Waals surface area (Å²) in [5.41, 5.74) is 0.344. The standard InChI is InChI=1S/C21H22N4O6S/c1-13(19(26)25-10-4-5-11-25)31-20(27)15-6-2-3-7-16(15)24-32(29,30)14-8-9-17-18(12-14)23-21(28)22-17/h2-3,6-9,12-13,24H,4-5,10-11H2,1H3,(H2,22,23,28)/t13-/m1/s1. The molecule has 0 radical (unpaired) electrons. The number of hydrogen-bond acceptors (Lipinski definition) is 6. The van der Waals surface area contributed by atoms with E-state index in [4.69, 9.17) is 4.74 Å². The molecular formula is C21H22N4O6S. The number of aromatic nitrogens is 2. The van der Waals surface area contributed by atoms with Crippen molar-refractivity contribution in [1.29, 1.82) is 0 Å². The number of anilines is 1. The van der Waals surface area contributed by atoms with Gasteiger partial charge < -0.3 is 19.6 Å². The molecule has 0 spiro atoms. The molecule has 2 aromatic carbocycles. The number of rotatable bonds is 6. The average Bonchev–Trinajstić information content (AvgIpc) is 3.41. The van der Waals surface area contributed by atoms with Crippen LogP contribution in [0.5, 0.6) is 0 Å². The van der Waals surface area contributed by atoms with Crippen LogP contribution in [0.1, 0.15) is 30.1 Å². The van der Waals surface area contributed by atoms with E-state index in [0.29, 0.717) is 24.1 Å². The lowest BCUT2D eigenvalue weighted by molar-refractivity contribution is -0.138. The highest BCUT2D eigenvalue weighted by atomic mass is 32.2. The van der Waals surface area contributed by atoms with E-state index in [1.54, 1.807) is 17.0 Å². The summed E-state index contributed by atoms with van der Waals surface area (Å²) in [6, 6.07) is 10.1. The summed E-state index contributed by atoms with van der Waals surface area (Å²) < 4.78 is 33.5. The number of ether oxygens (including phenoxy) is 1. The van der Waals surface area contributed by atoms with E-state index in [1.165, 1.54) is 37.3 Å². The van der Waals surface area contributed by atoms with Gasteiger partial charge in [-0.05, 0) is 50.1 Å². The van der Waals surface area contributed by atoms with E-state index >= 15 is 0 Å². The van der Waals surface area contributed by atoms with Crippen molar-refractivity contribution in [3.05, 3.63) is 58.5 Å². The molecule has 1 amide bonds. The number of carbonyl (C=O) groups is 2. The van der Waals surface area contributed by atoms with Crippen LogP contribution in [-0.2, 0) is 19.6 Å². The first-order valence-electron chi connectivity index (χ1n) is 10.1. The van der Waals surface area contributed by atoms with Gasteiger partial charge in [0.2, 0.25) is 0 Å². The van der Waals surface area contributed by atoms with Crippen LogP contribution in [0, 0.1) is 0 Å². The molecule has 2 heterocycles. The second kappa shape index (κ2) is 8.50. The van der Waals surface area contributed by atoms with Crippen LogP contribution in [0.2, 0.25) is 0 Å². The number of nitrogens with one attached hydrogen (secondary N) is 3. The molecule has 0 bridgehead atoms. The molecule has 1 atom stereocenters. The van der Waals surface area contributed by atoms with Gasteiger partial charge in [0, 0.05) is 13.1 Å². The van der Waals surface area contributed by atoms with Gasteiger partial charge in [0.15, 0.2) is 6.10 Å². The highest BCUT2D eigenvalue weighted by molar-refractivity contribution is 7.92. The number of likely N-dealkylation sites (tertiary alicyclic amines) is 1. The van der Waals surface area contributed by atoms with Gasteiger partial charge in [-0.15, -0.1) is 0 Å². The second-order valence-electron chi connectivity index (χ2n) is 7.52. The zero-order valence-electron chi connectivity index (χ0n) is 17.3. The fraction of sp³-hybridized carbons (Fsp3) is 0.286. The molecule has 168 valence electrons. The van der Waals surface area contributed by atoms with Crippen molar-refractivity contribution in [2.24, 2.45) is 0 Å². The number of imidazole rings is 1. The zero-order valence-corrected chi connectivity index (χ0v) is 18.1. The van der Waals surface area contributed by atoms with Crippen molar-refractivity contribution in [3.8, 4) is 0 Å². The molecule has 3 N–H and O–H groups in total. The summed E-state index contributed by atoms with van der Waals surface area (Å²) in [5.74, 6) is -1.09. The van der Waals surface area contributed by atoms with Gasteiger partial charge in [-0.1, -0.05) is 12.1 Å². The van der Waals surface area contributed by atoms with Gasteiger partial charge in [0.25, 0.3) is 15.9 Å². The SMILES string of the molecule is C[C@@H](OC(=O)c1ccccc1NS(=O)(=O)c1ccc2[nH]c(=O)[nH]c2c1)C(=O)N1CCCC1. The van der Waals surface area contributed by atoms with E-state index in [9.17, 15) is 22.8 Å². The lowest BCUT2D eigenvalue weighted by Gasteiger charge is -2.21. The minimum Gasteiger partial charge on any atom is -0.449 e. The van der Waals surface area contributed by atoms with Gasteiger partial charge in [-0.25, -0.2) is 18.0 Å². The molecule has 11 heteroatoms. The van der Waals surface area contributed by atoms with Gasteiger partial charge in [0.05, 0.1) is 27.2 Å². The summed E-state index contributed by atoms with van der Waals surface area (Å²) in [6.45, 7) is 2.76. The largest absolute Gasteiger partial charge is 0.449 e. The smallest absolute Gasteiger partial charge is 0.341 e. The molecule has 1 aliphatic rings. The Balaban J connectivity index is 1.55. The first-order valence-corrected chi connectivity index (χ1v) is 11.6. The summed E-state index contributed by atoms with van der Waals surface area (Å²) in [5, 5.41) is 0. The Labute approximate surface area is 183 Å².